The lowest BCUT2D eigenvalue weighted by Gasteiger charge is -2.25. The van der Waals surface area contributed by atoms with Crippen LogP contribution in [0.25, 0.3) is 0 Å². The van der Waals surface area contributed by atoms with E-state index in [-0.39, 0.29) is 19.0 Å². The molecule has 0 spiro atoms. The Morgan fingerprint density at radius 3 is 2.50 bits per heavy atom. The summed E-state index contributed by atoms with van der Waals surface area (Å²) in [5.41, 5.74) is 0. The predicted octanol–water partition coefficient (Wildman–Crippen LogP) is 0.995. The van der Waals surface area contributed by atoms with Gasteiger partial charge in [0.2, 0.25) is 0 Å². The van der Waals surface area contributed by atoms with Crippen molar-refractivity contribution in [1.82, 2.24) is 4.90 Å². The Bertz CT molecular complexity index is 160. The van der Waals surface area contributed by atoms with Crippen LogP contribution < -0.4 is 0 Å². The number of likely N-dealkylation sites (tertiary alicyclic amines) is 1. The summed E-state index contributed by atoms with van der Waals surface area (Å²) < 4.78 is 4.96. The Morgan fingerprint density at radius 2 is 1.93 bits per heavy atom. The molecular formula is C9H18ClNO3. The van der Waals surface area contributed by atoms with Gasteiger partial charge in [-0.05, 0) is 25.9 Å². The van der Waals surface area contributed by atoms with Crippen LogP contribution in [0.15, 0.2) is 0 Å². The SMILES string of the molecule is Cl.O=C(O)COCCN1CCCCC1. The molecule has 0 aromatic rings. The summed E-state index contributed by atoms with van der Waals surface area (Å²) in [5.74, 6) is -0.890. The van der Waals surface area contributed by atoms with Gasteiger partial charge in [-0.1, -0.05) is 6.42 Å². The van der Waals surface area contributed by atoms with Gasteiger partial charge in [-0.15, -0.1) is 12.4 Å². The van der Waals surface area contributed by atoms with Gasteiger partial charge in [0, 0.05) is 6.54 Å². The van der Waals surface area contributed by atoms with Crippen molar-refractivity contribution < 1.29 is 14.6 Å². The molecule has 5 heteroatoms. The van der Waals surface area contributed by atoms with Crippen molar-refractivity contribution in [3.63, 3.8) is 0 Å². The van der Waals surface area contributed by atoms with E-state index >= 15 is 0 Å². The Morgan fingerprint density at radius 1 is 1.29 bits per heavy atom. The van der Waals surface area contributed by atoms with Crippen molar-refractivity contribution in [2.45, 2.75) is 19.3 Å². The van der Waals surface area contributed by atoms with Crippen LogP contribution in [0.4, 0.5) is 0 Å². The van der Waals surface area contributed by atoms with Gasteiger partial charge in [0.15, 0.2) is 0 Å². The molecule has 84 valence electrons. The van der Waals surface area contributed by atoms with Crippen molar-refractivity contribution in [2.24, 2.45) is 0 Å². The molecule has 0 amide bonds. The fourth-order valence-corrected chi connectivity index (χ4v) is 1.54. The number of halogens is 1. The van der Waals surface area contributed by atoms with E-state index in [1.165, 1.54) is 19.3 Å². The molecule has 0 unspecified atom stereocenters. The maximum atomic E-state index is 10.1. The average Bonchev–Trinajstić information content (AvgIpc) is 2.14. The van der Waals surface area contributed by atoms with Gasteiger partial charge in [0.1, 0.15) is 6.61 Å². The summed E-state index contributed by atoms with van der Waals surface area (Å²) in [6, 6.07) is 0. The second kappa shape index (κ2) is 8.03. The maximum Gasteiger partial charge on any atom is 0.329 e. The molecule has 1 saturated heterocycles. The van der Waals surface area contributed by atoms with Crippen molar-refractivity contribution in [1.29, 1.82) is 0 Å². The van der Waals surface area contributed by atoms with Crippen molar-refractivity contribution >= 4 is 18.4 Å². The molecule has 1 rings (SSSR count). The predicted molar refractivity (Wildman–Crippen MR) is 56.0 cm³/mol. The van der Waals surface area contributed by atoms with E-state index < -0.39 is 5.97 Å². The average molecular weight is 224 g/mol. The lowest BCUT2D eigenvalue weighted by Crippen LogP contribution is -2.33. The van der Waals surface area contributed by atoms with Gasteiger partial charge in [0.25, 0.3) is 0 Å². The van der Waals surface area contributed by atoms with E-state index in [1.807, 2.05) is 0 Å². The second-order valence-corrected chi connectivity index (χ2v) is 3.35. The van der Waals surface area contributed by atoms with Gasteiger partial charge in [-0.3, -0.25) is 0 Å². The number of piperidine rings is 1. The fourth-order valence-electron chi connectivity index (χ4n) is 1.54. The summed E-state index contributed by atoms with van der Waals surface area (Å²) >= 11 is 0. The summed E-state index contributed by atoms with van der Waals surface area (Å²) in [5, 5.41) is 8.31. The first-order chi connectivity index (χ1) is 6.29. The molecule has 0 aliphatic carbocycles. The van der Waals surface area contributed by atoms with Crippen molar-refractivity contribution in [2.75, 3.05) is 32.8 Å². The Labute approximate surface area is 90.6 Å². The van der Waals surface area contributed by atoms with E-state index in [0.29, 0.717) is 6.61 Å². The van der Waals surface area contributed by atoms with Gasteiger partial charge < -0.3 is 14.7 Å². The minimum absolute atomic E-state index is 0. The minimum Gasteiger partial charge on any atom is -0.480 e. The van der Waals surface area contributed by atoms with Gasteiger partial charge >= 0.3 is 5.97 Å². The molecule has 1 fully saturated rings. The quantitative estimate of drug-likeness (QED) is 0.707. The molecule has 1 heterocycles. The highest BCUT2D eigenvalue weighted by molar-refractivity contribution is 5.85. The van der Waals surface area contributed by atoms with Crippen LogP contribution in [-0.2, 0) is 9.53 Å². The largest absolute Gasteiger partial charge is 0.480 e. The van der Waals surface area contributed by atoms with E-state index in [9.17, 15) is 4.79 Å². The zero-order valence-electron chi connectivity index (χ0n) is 8.28. The first-order valence-electron chi connectivity index (χ1n) is 4.81. The zero-order valence-corrected chi connectivity index (χ0v) is 9.09. The molecule has 1 N–H and O–H groups in total. The van der Waals surface area contributed by atoms with Crippen LogP contribution in [0.5, 0.6) is 0 Å². The number of ether oxygens (including phenoxy) is 1. The third-order valence-electron chi connectivity index (χ3n) is 2.23. The molecule has 0 atom stereocenters. The fraction of sp³-hybridized carbons (Fsp3) is 0.889. The van der Waals surface area contributed by atoms with E-state index in [0.717, 1.165) is 19.6 Å². The monoisotopic (exact) mass is 223 g/mol. The molecule has 0 aromatic heterocycles. The summed E-state index contributed by atoms with van der Waals surface area (Å²) in [4.78, 5) is 12.4. The van der Waals surface area contributed by atoms with Crippen LogP contribution in [0.1, 0.15) is 19.3 Å². The molecule has 0 bridgehead atoms. The zero-order chi connectivity index (χ0) is 9.52. The number of nitrogens with zero attached hydrogens (tertiary/aromatic N) is 1. The van der Waals surface area contributed by atoms with Crippen LogP contribution in [0.2, 0.25) is 0 Å². The highest BCUT2D eigenvalue weighted by Gasteiger charge is 2.09. The number of carboxylic acid groups (broad SMARTS) is 1. The molecule has 0 radical (unpaired) electrons. The Kier molecular flexibility index (Phi) is 7.84. The highest BCUT2D eigenvalue weighted by atomic mass is 35.5. The number of hydrogen-bond acceptors (Lipinski definition) is 3. The molecule has 0 aromatic carbocycles. The topological polar surface area (TPSA) is 49.8 Å². The van der Waals surface area contributed by atoms with Crippen LogP contribution >= 0.6 is 12.4 Å². The molecule has 14 heavy (non-hydrogen) atoms. The summed E-state index contributed by atoms with van der Waals surface area (Å²) in [6.07, 6.45) is 3.85. The van der Waals surface area contributed by atoms with Gasteiger partial charge in [-0.25, -0.2) is 4.79 Å². The third kappa shape index (κ3) is 6.18. The van der Waals surface area contributed by atoms with Crippen LogP contribution in [0.3, 0.4) is 0 Å². The molecule has 1 aliphatic heterocycles. The molecule has 1 aliphatic rings. The maximum absolute atomic E-state index is 10.1. The number of hydrogen-bond donors (Lipinski definition) is 1. The lowest BCUT2D eigenvalue weighted by atomic mass is 10.1. The first-order valence-corrected chi connectivity index (χ1v) is 4.81. The third-order valence-corrected chi connectivity index (χ3v) is 2.23. The molecule has 0 saturated carbocycles. The molecule has 4 nitrogen and oxygen atoms in total. The summed E-state index contributed by atoms with van der Waals surface area (Å²) in [7, 11) is 0. The standard InChI is InChI=1S/C9H17NO3.ClH/c11-9(12)8-13-7-6-10-4-2-1-3-5-10;/h1-8H2,(H,11,12);1H. The van der Waals surface area contributed by atoms with Gasteiger partial charge in [0.05, 0.1) is 6.61 Å². The highest BCUT2D eigenvalue weighted by Crippen LogP contribution is 2.07. The number of aliphatic carboxylic acids is 1. The van der Waals surface area contributed by atoms with Gasteiger partial charge in [-0.2, -0.15) is 0 Å². The van der Waals surface area contributed by atoms with Crippen LogP contribution in [-0.4, -0.2) is 48.8 Å². The number of carboxylic acids is 1. The summed E-state index contributed by atoms with van der Waals surface area (Å²) in [6.45, 7) is 3.50. The Hall–Kier alpha value is -0.320. The molecular weight excluding hydrogens is 206 g/mol. The van der Waals surface area contributed by atoms with Crippen molar-refractivity contribution in [3.8, 4) is 0 Å². The number of carbonyl (C=O) groups is 1. The lowest BCUT2D eigenvalue weighted by molar-refractivity contribution is -0.142. The minimum atomic E-state index is -0.890. The van der Waals surface area contributed by atoms with E-state index in [2.05, 4.69) is 4.90 Å². The van der Waals surface area contributed by atoms with Crippen molar-refractivity contribution in [3.05, 3.63) is 0 Å². The smallest absolute Gasteiger partial charge is 0.329 e. The number of rotatable bonds is 5. The van der Waals surface area contributed by atoms with E-state index in [1.54, 1.807) is 0 Å². The first kappa shape index (κ1) is 13.7. The second-order valence-electron chi connectivity index (χ2n) is 3.35. The normalized spacial score (nSPS) is 17.4. The van der Waals surface area contributed by atoms with Crippen LogP contribution in [0, 0.1) is 0 Å². The van der Waals surface area contributed by atoms with E-state index in [4.69, 9.17) is 9.84 Å². The Balaban J connectivity index is 0.00000169.